The summed E-state index contributed by atoms with van der Waals surface area (Å²) in [5.41, 5.74) is -0.185. The van der Waals surface area contributed by atoms with Crippen molar-refractivity contribution in [3.8, 4) is 0 Å². The van der Waals surface area contributed by atoms with E-state index in [1.807, 2.05) is 18.9 Å². The number of nitrogens with zero attached hydrogens (tertiary/aromatic N) is 2. The minimum Gasteiger partial charge on any atom is -0.365 e. The highest BCUT2D eigenvalue weighted by Gasteiger charge is 2.32. The molecule has 1 aromatic rings. The quantitative estimate of drug-likeness (QED) is 0.782. The van der Waals surface area contributed by atoms with Crippen molar-refractivity contribution in [1.29, 1.82) is 0 Å². The molecule has 0 amide bonds. The van der Waals surface area contributed by atoms with Gasteiger partial charge in [0, 0.05) is 25.7 Å². The van der Waals surface area contributed by atoms with Gasteiger partial charge >= 0.3 is 6.18 Å². The van der Waals surface area contributed by atoms with E-state index in [2.05, 4.69) is 4.90 Å². The molecule has 2 rings (SSSR count). The molecule has 1 saturated heterocycles. The van der Waals surface area contributed by atoms with Crippen LogP contribution in [0.4, 0.5) is 18.9 Å². The van der Waals surface area contributed by atoms with Gasteiger partial charge in [0.05, 0.1) is 16.3 Å². The fourth-order valence-electron chi connectivity index (χ4n) is 2.41. The first-order chi connectivity index (χ1) is 8.79. The Kier molecular flexibility index (Phi) is 3.97. The van der Waals surface area contributed by atoms with E-state index in [1.54, 1.807) is 0 Å². The van der Waals surface area contributed by atoms with Crippen molar-refractivity contribution in [2.45, 2.75) is 19.1 Å². The second-order valence-corrected chi connectivity index (χ2v) is 5.38. The molecule has 0 saturated carbocycles. The van der Waals surface area contributed by atoms with E-state index in [4.69, 9.17) is 11.6 Å². The summed E-state index contributed by atoms with van der Waals surface area (Å²) in [4.78, 5) is 4.10. The van der Waals surface area contributed by atoms with Crippen LogP contribution in [0.1, 0.15) is 12.5 Å². The Morgan fingerprint density at radius 2 is 1.95 bits per heavy atom. The molecule has 19 heavy (non-hydrogen) atoms. The monoisotopic (exact) mass is 292 g/mol. The van der Waals surface area contributed by atoms with Crippen LogP contribution in [0.25, 0.3) is 0 Å². The summed E-state index contributed by atoms with van der Waals surface area (Å²) in [6, 6.07) is 3.63. The predicted molar refractivity (Wildman–Crippen MR) is 70.8 cm³/mol. The number of anilines is 1. The third kappa shape index (κ3) is 3.15. The maximum absolute atomic E-state index is 12.8. The maximum Gasteiger partial charge on any atom is 0.416 e. The van der Waals surface area contributed by atoms with Crippen LogP contribution in [0.2, 0.25) is 5.02 Å². The molecule has 2 nitrogen and oxygen atoms in total. The molecule has 1 aliphatic rings. The first kappa shape index (κ1) is 14.5. The molecule has 0 N–H and O–H groups in total. The van der Waals surface area contributed by atoms with Gasteiger partial charge in [0.25, 0.3) is 0 Å². The van der Waals surface area contributed by atoms with E-state index < -0.39 is 11.7 Å². The molecule has 106 valence electrons. The third-order valence-corrected chi connectivity index (χ3v) is 3.73. The number of likely N-dealkylation sites (N-methyl/N-ethyl adjacent to an activating group) is 1. The van der Waals surface area contributed by atoms with Crippen molar-refractivity contribution in [1.82, 2.24) is 4.90 Å². The number of halogens is 4. The van der Waals surface area contributed by atoms with Gasteiger partial charge in [0.15, 0.2) is 0 Å². The zero-order valence-electron chi connectivity index (χ0n) is 10.8. The molecule has 1 atom stereocenters. The zero-order valence-corrected chi connectivity index (χ0v) is 11.6. The summed E-state index contributed by atoms with van der Waals surface area (Å²) in [5, 5.41) is 0.365. The number of piperazine rings is 1. The molecular weight excluding hydrogens is 277 g/mol. The van der Waals surface area contributed by atoms with Crippen molar-refractivity contribution >= 4 is 17.3 Å². The van der Waals surface area contributed by atoms with Gasteiger partial charge in [-0.1, -0.05) is 11.6 Å². The lowest BCUT2D eigenvalue weighted by molar-refractivity contribution is -0.137. The van der Waals surface area contributed by atoms with Crippen molar-refractivity contribution in [3.05, 3.63) is 28.8 Å². The fourth-order valence-corrected chi connectivity index (χ4v) is 2.63. The molecule has 6 heteroatoms. The van der Waals surface area contributed by atoms with Gasteiger partial charge in [-0.2, -0.15) is 13.2 Å². The summed E-state index contributed by atoms with van der Waals surface area (Å²) in [6.07, 6.45) is -4.34. The SMILES string of the molecule is C[C@H]1CN(C)CCN1c1cc(C(F)(F)F)ccc1Cl. The smallest absolute Gasteiger partial charge is 0.365 e. The van der Waals surface area contributed by atoms with Gasteiger partial charge in [-0.05, 0) is 32.2 Å². The Labute approximate surface area is 115 Å². The lowest BCUT2D eigenvalue weighted by Gasteiger charge is -2.40. The lowest BCUT2D eigenvalue weighted by atomic mass is 10.1. The van der Waals surface area contributed by atoms with E-state index in [9.17, 15) is 13.2 Å². The second kappa shape index (κ2) is 5.21. The van der Waals surface area contributed by atoms with E-state index in [1.165, 1.54) is 6.07 Å². The average molecular weight is 293 g/mol. The number of rotatable bonds is 1. The third-order valence-electron chi connectivity index (χ3n) is 3.41. The normalized spacial score (nSPS) is 21.8. The van der Waals surface area contributed by atoms with Gasteiger partial charge in [0.2, 0.25) is 0 Å². The molecule has 1 fully saturated rings. The molecule has 0 aromatic heterocycles. The van der Waals surface area contributed by atoms with Crippen LogP contribution in [0.5, 0.6) is 0 Å². The van der Waals surface area contributed by atoms with E-state index in [-0.39, 0.29) is 6.04 Å². The van der Waals surface area contributed by atoms with Crippen LogP contribution in [0.3, 0.4) is 0 Å². The molecule has 0 radical (unpaired) electrons. The van der Waals surface area contributed by atoms with E-state index in [0.717, 1.165) is 25.2 Å². The Morgan fingerprint density at radius 1 is 1.26 bits per heavy atom. The summed E-state index contributed by atoms with van der Waals surface area (Å²) in [7, 11) is 2.00. The zero-order chi connectivity index (χ0) is 14.2. The van der Waals surface area contributed by atoms with Gasteiger partial charge in [0.1, 0.15) is 0 Å². The van der Waals surface area contributed by atoms with Crippen LogP contribution in [-0.4, -0.2) is 37.6 Å². The highest BCUT2D eigenvalue weighted by atomic mass is 35.5. The number of benzene rings is 1. The summed E-state index contributed by atoms with van der Waals surface area (Å²) in [5.74, 6) is 0. The van der Waals surface area contributed by atoms with Crippen LogP contribution < -0.4 is 4.90 Å². The van der Waals surface area contributed by atoms with Crippen molar-refractivity contribution < 1.29 is 13.2 Å². The predicted octanol–water partition coefficient (Wildman–Crippen LogP) is 3.50. The summed E-state index contributed by atoms with van der Waals surface area (Å²) >= 11 is 6.06. The Morgan fingerprint density at radius 3 is 2.53 bits per heavy atom. The van der Waals surface area contributed by atoms with Crippen LogP contribution in [0, 0.1) is 0 Å². The highest BCUT2D eigenvalue weighted by molar-refractivity contribution is 6.33. The molecular formula is C13H16ClF3N2. The Hall–Kier alpha value is -0.940. The van der Waals surface area contributed by atoms with Crippen LogP contribution >= 0.6 is 11.6 Å². The summed E-state index contributed by atoms with van der Waals surface area (Å²) in [6.45, 7) is 4.30. The molecule has 0 aliphatic carbocycles. The number of hydrogen-bond donors (Lipinski definition) is 0. The fraction of sp³-hybridized carbons (Fsp3) is 0.538. The highest BCUT2D eigenvalue weighted by Crippen LogP contribution is 2.36. The Bertz CT molecular complexity index is 462. The van der Waals surface area contributed by atoms with Gasteiger partial charge in [-0.15, -0.1) is 0 Å². The molecule has 0 unspecified atom stereocenters. The van der Waals surface area contributed by atoms with Crippen LogP contribution in [0.15, 0.2) is 18.2 Å². The number of hydrogen-bond acceptors (Lipinski definition) is 2. The molecule has 1 aliphatic heterocycles. The Balaban J connectivity index is 2.33. The second-order valence-electron chi connectivity index (χ2n) is 4.97. The van der Waals surface area contributed by atoms with Gasteiger partial charge in [-0.3, -0.25) is 0 Å². The van der Waals surface area contributed by atoms with Crippen molar-refractivity contribution in [2.75, 3.05) is 31.6 Å². The minimum atomic E-state index is -4.34. The lowest BCUT2D eigenvalue weighted by Crippen LogP contribution is -2.50. The first-order valence-corrected chi connectivity index (χ1v) is 6.49. The molecule has 0 spiro atoms. The van der Waals surface area contributed by atoms with Crippen molar-refractivity contribution in [2.24, 2.45) is 0 Å². The van der Waals surface area contributed by atoms with Gasteiger partial charge < -0.3 is 9.80 Å². The maximum atomic E-state index is 12.8. The van der Waals surface area contributed by atoms with E-state index in [0.29, 0.717) is 17.3 Å². The molecule has 1 aromatic carbocycles. The summed E-state index contributed by atoms with van der Waals surface area (Å²) < 4.78 is 38.3. The topological polar surface area (TPSA) is 6.48 Å². The largest absolute Gasteiger partial charge is 0.416 e. The van der Waals surface area contributed by atoms with Crippen molar-refractivity contribution in [3.63, 3.8) is 0 Å². The molecule has 1 heterocycles. The molecule has 0 bridgehead atoms. The average Bonchev–Trinajstić information content (AvgIpc) is 2.29. The van der Waals surface area contributed by atoms with Gasteiger partial charge in [-0.25, -0.2) is 0 Å². The number of alkyl halides is 3. The first-order valence-electron chi connectivity index (χ1n) is 6.11. The van der Waals surface area contributed by atoms with E-state index >= 15 is 0 Å². The van der Waals surface area contributed by atoms with Crippen LogP contribution in [-0.2, 0) is 6.18 Å². The minimum absolute atomic E-state index is 0.139. The standard InChI is InChI=1S/C13H16ClF3N2/c1-9-8-18(2)5-6-19(9)12-7-10(13(15,16)17)3-4-11(12)14/h3-4,7,9H,5-6,8H2,1-2H3/t9-/m0/s1.